The highest BCUT2D eigenvalue weighted by Crippen LogP contribution is 2.07. The predicted octanol–water partition coefficient (Wildman–Crippen LogP) is 1.45. The molecule has 0 unspecified atom stereocenters. The van der Waals surface area contributed by atoms with Gasteiger partial charge in [-0.05, 0) is 25.0 Å². The highest BCUT2D eigenvalue weighted by atomic mass is 35.5. The second-order valence-electron chi connectivity index (χ2n) is 4.90. The summed E-state index contributed by atoms with van der Waals surface area (Å²) < 4.78 is 0. The van der Waals surface area contributed by atoms with Crippen LogP contribution in [0.25, 0.3) is 0 Å². The van der Waals surface area contributed by atoms with E-state index in [1.54, 1.807) is 0 Å². The molecule has 1 atom stereocenters. The Kier molecular flexibility index (Phi) is 7.87. The Bertz CT molecular complexity index is 446. The summed E-state index contributed by atoms with van der Waals surface area (Å²) in [5, 5.41) is 5.22. The van der Waals surface area contributed by atoms with Gasteiger partial charge in [0.1, 0.15) is 0 Å². The van der Waals surface area contributed by atoms with Crippen LogP contribution < -0.4 is 16.4 Å². The summed E-state index contributed by atoms with van der Waals surface area (Å²) in [4.78, 5) is 23.2. The van der Waals surface area contributed by atoms with Gasteiger partial charge >= 0.3 is 0 Å². The molecule has 0 heterocycles. The molecule has 0 aliphatic carbocycles. The van der Waals surface area contributed by atoms with Crippen molar-refractivity contribution in [3.8, 4) is 0 Å². The van der Waals surface area contributed by atoms with Crippen molar-refractivity contribution < 1.29 is 9.59 Å². The maximum Gasteiger partial charge on any atom is 0.243 e. The minimum absolute atomic E-state index is 0. The summed E-state index contributed by atoms with van der Waals surface area (Å²) >= 11 is 0. The lowest BCUT2D eigenvalue weighted by atomic mass is 10.1. The summed E-state index contributed by atoms with van der Waals surface area (Å²) in [5.41, 5.74) is 7.50. The van der Waals surface area contributed by atoms with Crippen LogP contribution in [0, 0.1) is 12.8 Å². The van der Waals surface area contributed by atoms with Crippen LogP contribution >= 0.6 is 12.4 Å². The molecule has 0 aliphatic rings. The number of anilines is 1. The summed E-state index contributed by atoms with van der Waals surface area (Å²) in [6, 6.07) is 6.85. The Morgan fingerprint density at radius 3 is 2.25 bits per heavy atom. The first-order valence-electron chi connectivity index (χ1n) is 6.30. The van der Waals surface area contributed by atoms with E-state index in [9.17, 15) is 9.59 Å². The molecular weight excluding hydrogens is 278 g/mol. The fourth-order valence-electron chi connectivity index (χ4n) is 1.43. The Balaban J connectivity index is 0.00000361. The first kappa shape index (κ1) is 18.4. The molecule has 6 heteroatoms. The van der Waals surface area contributed by atoms with Crippen molar-refractivity contribution in [2.75, 3.05) is 11.9 Å². The second kappa shape index (κ2) is 8.55. The van der Waals surface area contributed by atoms with Crippen LogP contribution in [-0.4, -0.2) is 24.4 Å². The molecular formula is C14H22ClN3O2. The number of carbonyl (C=O) groups excluding carboxylic acids is 2. The van der Waals surface area contributed by atoms with E-state index in [0.29, 0.717) is 5.69 Å². The fourth-order valence-corrected chi connectivity index (χ4v) is 1.43. The summed E-state index contributed by atoms with van der Waals surface area (Å²) in [6.45, 7) is 5.61. The van der Waals surface area contributed by atoms with Crippen LogP contribution in [0.5, 0.6) is 0 Å². The molecule has 112 valence electrons. The first-order valence-corrected chi connectivity index (χ1v) is 6.30. The van der Waals surface area contributed by atoms with E-state index in [2.05, 4.69) is 10.6 Å². The summed E-state index contributed by atoms with van der Waals surface area (Å²) in [6.07, 6.45) is 0. The highest BCUT2D eigenvalue weighted by molar-refractivity contribution is 5.95. The number of rotatable bonds is 5. The molecule has 1 aromatic carbocycles. The van der Waals surface area contributed by atoms with Crippen molar-refractivity contribution in [2.45, 2.75) is 26.8 Å². The molecule has 0 aromatic heterocycles. The summed E-state index contributed by atoms with van der Waals surface area (Å²) in [5.74, 6) is -0.539. The van der Waals surface area contributed by atoms with Crippen molar-refractivity contribution >= 4 is 29.9 Å². The first-order chi connectivity index (χ1) is 8.90. The lowest BCUT2D eigenvalue weighted by Crippen LogP contribution is -2.46. The van der Waals surface area contributed by atoms with E-state index in [0.717, 1.165) is 5.56 Å². The summed E-state index contributed by atoms with van der Waals surface area (Å²) in [7, 11) is 0. The zero-order valence-electron chi connectivity index (χ0n) is 12.0. The van der Waals surface area contributed by atoms with E-state index in [1.165, 1.54) is 0 Å². The SMILES string of the molecule is Cc1ccc(NC(=O)CNC(=O)[C@@H](N)C(C)C)cc1.Cl. The van der Waals surface area contributed by atoms with E-state index in [1.807, 2.05) is 45.0 Å². The Morgan fingerprint density at radius 1 is 1.20 bits per heavy atom. The number of aryl methyl sites for hydroxylation is 1. The fraction of sp³-hybridized carbons (Fsp3) is 0.429. The van der Waals surface area contributed by atoms with E-state index < -0.39 is 6.04 Å². The number of halogens is 1. The molecule has 5 nitrogen and oxygen atoms in total. The Labute approximate surface area is 125 Å². The molecule has 1 aromatic rings. The number of hydrogen-bond donors (Lipinski definition) is 3. The monoisotopic (exact) mass is 299 g/mol. The second-order valence-corrected chi connectivity index (χ2v) is 4.90. The van der Waals surface area contributed by atoms with Crippen molar-refractivity contribution in [2.24, 2.45) is 11.7 Å². The molecule has 2 amide bonds. The number of benzene rings is 1. The van der Waals surface area contributed by atoms with Gasteiger partial charge in [-0.3, -0.25) is 9.59 Å². The zero-order chi connectivity index (χ0) is 14.4. The third-order valence-electron chi connectivity index (χ3n) is 2.78. The number of hydrogen-bond acceptors (Lipinski definition) is 3. The zero-order valence-corrected chi connectivity index (χ0v) is 12.8. The third-order valence-corrected chi connectivity index (χ3v) is 2.78. The third kappa shape index (κ3) is 6.04. The average molecular weight is 300 g/mol. The van der Waals surface area contributed by atoms with Gasteiger partial charge < -0.3 is 16.4 Å². The Morgan fingerprint density at radius 2 is 1.75 bits per heavy atom. The molecule has 0 radical (unpaired) electrons. The molecule has 0 bridgehead atoms. The van der Waals surface area contributed by atoms with Gasteiger partial charge in [0.05, 0.1) is 12.6 Å². The molecule has 1 rings (SSSR count). The number of nitrogens with two attached hydrogens (primary N) is 1. The van der Waals surface area contributed by atoms with Crippen molar-refractivity contribution in [1.29, 1.82) is 0 Å². The topological polar surface area (TPSA) is 84.2 Å². The normalized spacial score (nSPS) is 11.4. The van der Waals surface area contributed by atoms with Gasteiger partial charge in [0.15, 0.2) is 0 Å². The lowest BCUT2D eigenvalue weighted by molar-refractivity contribution is -0.125. The van der Waals surface area contributed by atoms with Crippen LogP contribution in [0.15, 0.2) is 24.3 Å². The standard InChI is InChI=1S/C14H21N3O2.ClH/c1-9(2)13(15)14(19)16-8-12(18)17-11-6-4-10(3)5-7-11;/h4-7,9,13H,8,15H2,1-3H3,(H,16,19)(H,17,18);1H/t13-;/m0./s1. The average Bonchev–Trinajstić information content (AvgIpc) is 2.37. The van der Waals surface area contributed by atoms with E-state index >= 15 is 0 Å². The van der Waals surface area contributed by atoms with E-state index in [-0.39, 0.29) is 36.7 Å². The minimum atomic E-state index is -0.591. The van der Waals surface area contributed by atoms with Crippen molar-refractivity contribution in [1.82, 2.24) is 5.32 Å². The minimum Gasteiger partial charge on any atom is -0.346 e. The maximum absolute atomic E-state index is 11.6. The van der Waals surface area contributed by atoms with Crippen LogP contribution in [0.3, 0.4) is 0 Å². The molecule has 0 aliphatic heterocycles. The molecule has 0 saturated heterocycles. The lowest BCUT2D eigenvalue weighted by Gasteiger charge is -2.15. The van der Waals surface area contributed by atoms with E-state index in [4.69, 9.17) is 5.73 Å². The number of nitrogens with one attached hydrogen (secondary N) is 2. The van der Waals surface area contributed by atoms with Crippen molar-refractivity contribution in [3.05, 3.63) is 29.8 Å². The van der Waals surface area contributed by atoms with Gasteiger partial charge in [0.25, 0.3) is 0 Å². The highest BCUT2D eigenvalue weighted by Gasteiger charge is 2.17. The van der Waals surface area contributed by atoms with Crippen LogP contribution in [0.2, 0.25) is 0 Å². The molecule has 0 saturated carbocycles. The van der Waals surface area contributed by atoms with Gasteiger partial charge in [-0.15, -0.1) is 12.4 Å². The Hall–Kier alpha value is -1.59. The van der Waals surface area contributed by atoms with Crippen LogP contribution in [-0.2, 0) is 9.59 Å². The predicted molar refractivity (Wildman–Crippen MR) is 82.9 cm³/mol. The molecule has 0 fully saturated rings. The van der Waals surface area contributed by atoms with Gasteiger partial charge in [0, 0.05) is 5.69 Å². The van der Waals surface area contributed by atoms with Gasteiger partial charge in [0.2, 0.25) is 11.8 Å². The van der Waals surface area contributed by atoms with Gasteiger partial charge in [-0.2, -0.15) is 0 Å². The smallest absolute Gasteiger partial charge is 0.243 e. The molecule has 20 heavy (non-hydrogen) atoms. The van der Waals surface area contributed by atoms with Gasteiger partial charge in [-0.1, -0.05) is 31.5 Å². The quantitative estimate of drug-likeness (QED) is 0.769. The van der Waals surface area contributed by atoms with Crippen LogP contribution in [0.1, 0.15) is 19.4 Å². The number of amides is 2. The molecule has 4 N–H and O–H groups in total. The maximum atomic E-state index is 11.6. The number of carbonyl (C=O) groups is 2. The van der Waals surface area contributed by atoms with Gasteiger partial charge in [-0.25, -0.2) is 0 Å². The largest absolute Gasteiger partial charge is 0.346 e. The van der Waals surface area contributed by atoms with Crippen molar-refractivity contribution in [3.63, 3.8) is 0 Å². The molecule has 0 spiro atoms. The van der Waals surface area contributed by atoms with Crippen LogP contribution in [0.4, 0.5) is 5.69 Å².